The summed E-state index contributed by atoms with van der Waals surface area (Å²) in [7, 11) is 0. The number of amides is 7. The van der Waals surface area contributed by atoms with Crippen LogP contribution in [0.4, 0.5) is 0 Å². The molecule has 7 rings (SSSR count). The average molecular weight is 888 g/mol. The van der Waals surface area contributed by atoms with Crippen LogP contribution in [0.5, 0.6) is 5.75 Å². The van der Waals surface area contributed by atoms with Gasteiger partial charge in [-0.2, -0.15) is 0 Å². The highest BCUT2D eigenvalue weighted by molar-refractivity contribution is 5.98. The second kappa shape index (κ2) is 20.5. The van der Waals surface area contributed by atoms with Gasteiger partial charge < -0.3 is 62.8 Å². The van der Waals surface area contributed by atoms with Gasteiger partial charge in [0, 0.05) is 78.2 Å². The van der Waals surface area contributed by atoms with Crippen molar-refractivity contribution >= 4 is 63.2 Å². The molecule has 338 valence electrons. The monoisotopic (exact) mass is 887 g/mol. The molecule has 3 aromatic carbocycles. The predicted octanol–water partition coefficient (Wildman–Crippen LogP) is -0.471. The Balaban J connectivity index is 1.10. The fourth-order valence-corrected chi connectivity index (χ4v) is 7.74. The maximum absolute atomic E-state index is 14.3. The summed E-state index contributed by atoms with van der Waals surface area (Å²) >= 11 is 0. The zero-order chi connectivity index (χ0) is 46.0. The Labute approximate surface area is 370 Å². The Hall–Kier alpha value is -8.00. The maximum Gasteiger partial charge on any atom is 0.245 e. The van der Waals surface area contributed by atoms with E-state index < -0.39 is 78.3 Å². The van der Waals surface area contributed by atoms with Gasteiger partial charge in [0.25, 0.3) is 0 Å². The van der Waals surface area contributed by atoms with Gasteiger partial charge in [-0.1, -0.05) is 48.5 Å². The molecule has 3 aromatic heterocycles. The van der Waals surface area contributed by atoms with Crippen LogP contribution in [0.15, 0.2) is 97.7 Å². The average Bonchev–Trinajstić information content (AvgIpc) is 4.14. The minimum atomic E-state index is -1.66. The second-order valence-corrected chi connectivity index (χ2v) is 15.8. The second-order valence-electron chi connectivity index (χ2n) is 15.8. The maximum atomic E-state index is 14.3. The molecular formula is C45H49N11O9. The first-order valence-corrected chi connectivity index (χ1v) is 20.9. The van der Waals surface area contributed by atoms with E-state index in [2.05, 4.69) is 51.8 Å². The first-order chi connectivity index (χ1) is 31.3. The van der Waals surface area contributed by atoms with Crippen LogP contribution in [0.3, 0.4) is 0 Å². The lowest BCUT2D eigenvalue weighted by Crippen LogP contribution is -2.61. The van der Waals surface area contributed by atoms with Crippen molar-refractivity contribution in [1.82, 2.24) is 51.8 Å². The summed E-state index contributed by atoms with van der Waals surface area (Å²) in [4.78, 5) is 107. The SMILES string of the molecule is NC(=O)[C@@H](Cc1c[nH]c2ccccc12)NC(=O)[C@H](Cc1ccc(O)cc1)NC(=O)[C@H](CO)NC(=O)[C@H](Cc1c[nH]c2ccccc12)NC(=O)[C@H](Cc1cnc[nH]1)NC(=O)[C@@H]1CCC(=O)N1. The Morgan fingerprint density at radius 3 is 1.72 bits per heavy atom. The number of para-hydroxylation sites is 2. The van der Waals surface area contributed by atoms with E-state index in [1.807, 2.05) is 42.5 Å². The zero-order valence-corrected chi connectivity index (χ0v) is 34.9. The van der Waals surface area contributed by atoms with E-state index in [1.54, 1.807) is 18.5 Å². The minimum absolute atomic E-state index is 0.0212. The first kappa shape index (κ1) is 45.0. The van der Waals surface area contributed by atoms with Crippen LogP contribution < -0.4 is 37.6 Å². The number of aliphatic hydroxyl groups is 1. The third-order valence-corrected chi connectivity index (χ3v) is 11.2. The van der Waals surface area contributed by atoms with E-state index in [1.165, 1.54) is 36.8 Å². The first-order valence-electron chi connectivity index (χ1n) is 20.9. The third kappa shape index (κ3) is 11.3. The van der Waals surface area contributed by atoms with Crippen molar-refractivity contribution in [3.63, 3.8) is 0 Å². The number of carbonyl (C=O) groups is 7. The molecule has 1 aliphatic rings. The van der Waals surface area contributed by atoms with E-state index in [4.69, 9.17) is 5.73 Å². The van der Waals surface area contributed by atoms with Crippen LogP contribution >= 0.6 is 0 Å². The number of aromatic amines is 3. The number of primary amides is 1. The number of hydrogen-bond acceptors (Lipinski definition) is 10. The van der Waals surface area contributed by atoms with Crippen LogP contribution in [0, 0.1) is 0 Å². The smallest absolute Gasteiger partial charge is 0.245 e. The summed E-state index contributed by atoms with van der Waals surface area (Å²) in [5.41, 5.74) is 9.65. The van der Waals surface area contributed by atoms with Gasteiger partial charge in [0.05, 0.1) is 12.9 Å². The van der Waals surface area contributed by atoms with Crippen molar-refractivity contribution in [3.05, 3.63) is 120 Å². The fraction of sp³-hybridized carbons (Fsp3) is 0.289. The van der Waals surface area contributed by atoms with Gasteiger partial charge in [-0.15, -0.1) is 0 Å². The molecule has 0 saturated carbocycles. The molecule has 0 aliphatic carbocycles. The number of phenols is 1. The lowest BCUT2D eigenvalue weighted by Gasteiger charge is -2.27. The summed E-state index contributed by atoms with van der Waals surface area (Å²) in [5, 5.41) is 37.7. The Morgan fingerprint density at radius 2 is 1.18 bits per heavy atom. The van der Waals surface area contributed by atoms with Gasteiger partial charge in [0.2, 0.25) is 41.4 Å². The van der Waals surface area contributed by atoms with Crippen molar-refractivity contribution < 1.29 is 43.8 Å². The van der Waals surface area contributed by atoms with Gasteiger partial charge in [0.1, 0.15) is 42.0 Å². The van der Waals surface area contributed by atoms with Crippen LogP contribution in [-0.4, -0.2) is 114 Å². The highest BCUT2D eigenvalue weighted by Gasteiger charge is 2.35. The minimum Gasteiger partial charge on any atom is -0.508 e. The number of carbonyl (C=O) groups excluding carboxylic acids is 7. The number of aromatic hydroxyl groups is 1. The molecule has 1 aliphatic heterocycles. The summed E-state index contributed by atoms with van der Waals surface area (Å²) in [6.07, 6.45) is 6.32. The van der Waals surface area contributed by atoms with Gasteiger partial charge in [-0.3, -0.25) is 33.6 Å². The largest absolute Gasteiger partial charge is 0.508 e. The van der Waals surface area contributed by atoms with Gasteiger partial charge in [-0.25, -0.2) is 4.98 Å². The van der Waals surface area contributed by atoms with Gasteiger partial charge in [0.15, 0.2) is 0 Å². The van der Waals surface area contributed by atoms with Crippen molar-refractivity contribution in [3.8, 4) is 5.75 Å². The van der Waals surface area contributed by atoms with E-state index in [0.717, 1.165) is 21.8 Å². The molecule has 0 radical (unpaired) electrons. The van der Waals surface area contributed by atoms with E-state index in [-0.39, 0.29) is 50.2 Å². The van der Waals surface area contributed by atoms with Crippen LogP contribution in [0.25, 0.3) is 21.8 Å². The number of imidazole rings is 1. The zero-order valence-electron chi connectivity index (χ0n) is 34.9. The molecule has 6 aromatic rings. The summed E-state index contributed by atoms with van der Waals surface area (Å²) in [6, 6.07) is 12.7. The third-order valence-electron chi connectivity index (χ3n) is 11.2. The number of aromatic nitrogens is 4. The normalized spacial score (nSPS) is 15.8. The molecule has 0 bridgehead atoms. The summed E-state index contributed by atoms with van der Waals surface area (Å²) in [5.74, 6) is -5.22. The fourth-order valence-electron chi connectivity index (χ4n) is 7.74. The van der Waals surface area contributed by atoms with E-state index in [9.17, 15) is 43.8 Å². The predicted molar refractivity (Wildman–Crippen MR) is 235 cm³/mol. The number of rotatable bonds is 20. The lowest BCUT2D eigenvalue weighted by molar-refractivity contribution is -0.135. The highest BCUT2D eigenvalue weighted by Crippen LogP contribution is 2.21. The number of H-pyrrole nitrogens is 3. The van der Waals surface area contributed by atoms with E-state index >= 15 is 0 Å². The molecule has 20 heteroatoms. The number of hydrogen-bond donors (Lipinski definition) is 12. The molecule has 1 saturated heterocycles. The van der Waals surface area contributed by atoms with E-state index in [0.29, 0.717) is 22.4 Å². The molecule has 65 heavy (non-hydrogen) atoms. The number of aliphatic hydroxyl groups excluding tert-OH is 1. The molecule has 7 amide bonds. The van der Waals surface area contributed by atoms with Crippen molar-refractivity contribution in [2.75, 3.05) is 6.61 Å². The van der Waals surface area contributed by atoms with Crippen LogP contribution in [0.2, 0.25) is 0 Å². The van der Waals surface area contributed by atoms with Gasteiger partial charge >= 0.3 is 0 Å². The Kier molecular flexibility index (Phi) is 14.2. The topological polar surface area (TPSA) is 318 Å². The molecule has 1 fully saturated rings. The number of fused-ring (bicyclic) bond motifs is 2. The number of nitrogens with two attached hydrogens (primary N) is 1. The Morgan fingerprint density at radius 1 is 0.662 bits per heavy atom. The van der Waals surface area contributed by atoms with Crippen LogP contribution in [-0.2, 0) is 59.2 Å². The molecule has 0 spiro atoms. The standard InChI is InChI=1S/C45H49N11O9/c46-40(60)34(16-25-19-48-31-7-3-1-5-29(25)31)52-42(62)35(15-24-9-11-28(58)12-10-24)53-45(65)38(22-57)56-43(63)36(17-26-20-49-32-8-4-2-6-30(26)32)54-44(64)37(18-27-21-47-23-50-27)55-41(61)33-13-14-39(59)51-33/h1-12,19-21,23,33-38,48-49,57-58H,13-18,22H2,(H2,46,60)(H,47,50)(H,51,59)(H,52,62)(H,53,65)(H,54,64)(H,55,61)(H,56,63)/t33-,34+,35-,36-,37-,38-/m0/s1. The lowest BCUT2D eigenvalue weighted by atomic mass is 10.0. The number of nitrogens with zero attached hydrogens (tertiary/aromatic N) is 1. The summed E-state index contributed by atoms with van der Waals surface area (Å²) in [6.45, 7) is -0.936. The number of phenolic OH excluding ortho intramolecular Hbond substituents is 1. The van der Waals surface area contributed by atoms with Crippen LogP contribution in [0.1, 0.15) is 35.2 Å². The van der Waals surface area contributed by atoms with Crippen molar-refractivity contribution in [2.45, 2.75) is 74.8 Å². The molecule has 4 heterocycles. The summed E-state index contributed by atoms with van der Waals surface area (Å²) < 4.78 is 0. The van der Waals surface area contributed by atoms with Crippen molar-refractivity contribution in [2.24, 2.45) is 5.73 Å². The number of benzene rings is 3. The quantitative estimate of drug-likeness (QED) is 0.0468. The molecule has 20 nitrogen and oxygen atoms in total. The molecule has 6 atom stereocenters. The Bertz CT molecular complexity index is 2680. The highest BCUT2D eigenvalue weighted by atomic mass is 16.3. The molecular weight excluding hydrogens is 839 g/mol. The van der Waals surface area contributed by atoms with Gasteiger partial charge in [-0.05, 0) is 47.4 Å². The molecule has 0 unspecified atom stereocenters. The van der Waals surface area contributed by atoms with Crippen molar-refractivity contribution in [1.29, 1.82) is 0 Å². The number of nitrogens with one attached hydrogen (secondary N) is 9. The molecule has 13 N–H and O–H groups in total.